The Kier molecular flexibility index (Phi) is 5.66. The quantitative estimate of drug-likeness (QED) is 0.651. The molecule has 2 heterocycles. The standard InChI is InChI=1S/C15H10F3NO.C6H7N/c16-15(17,18)20-14-9-10-5-1-3-7-12(10)19-13-8-4-2-6-11(13)14;1-2-4-6-7-5-3-1/h1-9,19H;1-7H. The van der Waals surface area contributed by atoms with Crippen molar-refractivity contribution in [1.82, 2.24) is 5.32 Å². The zero-order valence-corrected chi connectivity index (χ0v) is 14.2. The predicted molar refractivity (Wildman–Crippen MR) is 102 cm³/mol. The third-order valence-electron chi connectivity index (χ3n) is 3.65. The summed E-state index contributed by atoms with van der Waals surface area (Å²) in [6.45, 7) is 0. The molecule has 0 spiro atoms. The first-order valence-electron chi connectivity index (χ1n) is 8.20. The van der Waals surface area contributed by atoms with Gasteiger partial charge in [-0.05, 0) is 36.4 Å². The molecule has 27 heavy (non-hydrogen) atoms. The summed E-state index contributed by atoms with van der Waals surface area (Å²) in [6.07, 6.45) is 8.24. The number of fused-ring (bicyclic) bond motifs is 2. The molecule has 0 aromatic heterocycles. The molecule has 0 amide bonds. The van der Waals surface area contributed by atoms with Gasteiger partial charge in [0.25, 0.3) is 0 Å². The Hall–Kier alpha value is -3.41. The van der Waals surface area contributed by atoms with E-state index in [2.05, 4.69) is 15.4 Å². The van der Waals surface area contributed by atoms with Crippen molar-refractivity contribution >= 4 is 23.2 Å². The molecule has 4 rings (SSSR count). The Morgan fingerprint density at radius 1 is 0.741 bits per heavy atom. The molecule has 6 heteroatoms. The van der Waals surface area contributed by atoms with Crippen LogP contribution in [0.25, 0.3) is 11.8 Å². The lowest BCUT2D eigenvalue weighted by Gasteiger charge is -2.14. The van der Waals surface area contributed by atoms with E-state index in [1.807, 2.05) is 42.8 Å². The Balaban J connectivity index is 0.000000253. The van der Waals surface area contributed by atoms with E-state index in [-0.39, 0.29) is 5.76 Å². The minimum absolute atomic E-state index is 0.217. The maximum Gasteiger partial charge on any atom is 0.573 e. The van der Waals surface area contributed by atoms with Gasteiger partial charge in [-0.2, -0.15) is 0 Å². The van der Waals surface area contributed by atoms with Crippen molar-refractivity contribution in [3.63, 3.8) is 0 Å². The van der Waals surface area contributed by atoms with Crippen molar-refractivity contribution in [2.24, 2.45) is 0 Å². The van der Waals surface area contributed by atoms with E-state index >= 15 is 0 Å². The molecule has 0 bridgehead atoms. The highest BCUT2D eigenvalue weighted by molar-refractivity contribution is 5.91. The van der Waals surface area contributed by atoms with E-state index in [0.29, 0.717) is 16.8 Å². The number of ether oxygens (including phenoxy) is 1. The van der Waals surface area contributed by atoms with E-state index < -0.39 is 6.36 Å². The van der Waals surface area contributed by atoms with Crippen LogP contribution in [0.15, 0.2) is 85.2 Å². The summed E-state index contributed by atoms with van der Waals surface area (Å²) in [6, 6.07) is 13.8. The van der Waals surface area contributed by atoms with Gasteiger partial charge in [-0.1, -0.05) is 42.5 Å². The van der Waals surface area contributed by atoms with Gasteiger partial charge in [-0.25, -0.2) is 0 Å². The number of hydrogen-bond donors (Lipinski definition) is 2. The molecule has 0 fully saturated rings. The molecular weight excluding hydrogens is 353 g/mol. The molecule has 2 aromatic rings. The fourth-order valence-corrected chi connectivity index (χ4v) is 2.52. The number of rotatable bonds is 1. The highest BCUT2D eigenvalue weighted by atomic mass is 19.4. The summed E-state index contributed by atoms with van der Waals surface area (Å²) >= 11 is 0. The Bertz CT molecular complexity index is 898. The van der Waals surface area contributed by atoms with Crippen molar-refractivity contribution < 1.29 is 17.9 Å². The van der Waals surface area contributed by atoms with Crippen molar-refractivity contribution in [3.8, 4) is 0 Å². The van der Waals surface area contributed by atoms with Gasteiger partial charge in [0.05, 0.1) is 0 Å². The maximum absolute atomic E-state index is 12.6. The van der Waals surface area contributed by atoms with Crippen LogP contribution >= 0.6 is 0 Å². The smallest absolute Gasteiger partial charge is 0.405 e. The minimum atomic E-state index is -4.72. The molecule has 2 aromatic carbocycles. The van der Waals surface area contributed by atoms with Crippen molar-refractivity contribution in [2.75, 3.05) is 5.32 Å². The molecule has 0 radical (unpaired) electrons. The molecular formula is C21H17F3N2O. The lowest BCUT2D eigenvalue weighted by atomic mass is 10.1. The lowest BCUT2D eigenvalue weighted by Crippen LogP contribution is -2.12. The van der Waals surface area contributed by atoms with E-state index in [1.54, 1.807) is 42.5 Å². The molecule has 2 N–H and O–H groups in total. The van der Waals surface area contributed by atoms with Gasteiger partial charge in [-0.3, -0.25) is 0 Å². The molecule has 0 unspecified atom stereocenters. The zero-order chi connectivity index (χ0) is 19.1. The summed E-state index contributed by atoms with van der Waals surface area (Å²) in [5.41, 5.74) is 2.33. The van der Waals surface area contributed by atoms with Gasteiger partial charge in [0.1, 0.15) is 5.76 Å². The Morgan fingerprint density at radius 3 is 2.07 bits per heavy atom. The van der Waals surface area contributed by atoms with Crippen molar-refractivity contribution in [2.45, 2.75) is 6.36 Å². The first-order valence-corrected chi connectivity index (χ1v) is 8.20. The predicted octanol–water partition coefficient (Wildman–Crippen LogP) is 5.95. The van der Waals surface area contributed by atoms with Gasteiger partial charge in [-0.15, -0.1) is 13.2 Å². The molecule has 0 atom stereocenters. The average molecular weight is 370 g/mol. The summed E-state index contributed by atoms with van der Waals surface area (Å²) < 4.78 is 41.8. The number of benzene rings is 2. The van der Waals surface area contributed by atoms with E-state index in [4.69, 9.17) is 0 Å². The lowest BCUT2D eigenvalue weighted by molar-refractivity contribution is -0.290. The van der Waals surface area contributed by atoms with Crippen LogP contribution < -0.4 is 10.6 Å². The number of halogens is 3. The van der Waals surface area contributed by atoms with Gasteiger partial charge >= 0.3 is 6.36 Å². The van der Waals surface area contributed by atoms with E-state index in [9.17, 15) is 13.2 Å². The average Bonchev–Trinajstić information content (AvgIpc) is 3.01. The van der Waals surface area contributed by atoms with Crippen LogP contribution in [-0.2, 0) is 4.74 Å². The van der Waals surface area contributed by atoms with Crippen LogP contribution in [-0.4, -0.2) is 6.36 Å². The van der Waals surface area contributed by atoms with Crippen molar-refractivity contribution in [3.05, 3.63) is 96.4 Å². The fraction of sp³-hybridized carbons (Fsp3) is 0.0476. The summed E-state index contributed by atoms with van der Waals surface area (Å²) in [5, 5.41) is 6.04. The molecule has 138 valence electrons. The molecule has 0 saturated heterocycles. The second-order valence-corrected chi connectivity index (χ2v) is 5.58. The number of para-hydroxylation sites is 2. The minimum Gasteiger partial charge on any atom is -0.405 e. The number of alkyl halides is 3. The van der Waals surface area contributed by atoms with E-state index in [0.717, 1.165) is 5.69 Å². The topological polar surface area (TPSA) is 33.3 Å². The molecule has 0 aliphatic carbocycles. The van der Waals surface area contributed by atoms with Crippen LogP contribution in [0.1, 0.15) is 11.1 Å². The second kappa shape index (κ2) is 8.31. The Labute approximate surface area is 155 Å². The number of anilines is 2. The third kappa shape index (κ3) is 5.28. The largest absolute Gasteiger partial charge is 0.573 e. The molecule has 2 aliphatic heterocycles. The van der Waals surface area contributed by atoms with Gasteiger partial charge in [0.2, 0.25) is 0 Å². The van der Waals surface area contributed by atoms with Gasteiger partial charge in [0, 0.05) is 34.9 Å². The van der Waals surface area contributed by atoms with Crippen LogP contribution in [0.4, 0.5) is 24.5 Å². The molecule has 2 aliphatic rings. The second-order valence-electron chi connectivity index (χ2n) is 5.58. The number of nitrogens with one attached hydrogen (secondary N) is 2. The number of allylic oxidation sites excluding steroid dienone is 4. The fourth-order valence-electron chi connectivity index (χ4n) is 2.52. The monoisotopic (exact) mass is 370 g/mol. The third-order valence-corrected chi connectivity index (χ3v) is 3.65. The highest BCUT2D eigenvalue weighted by Crippen LogP contribution is 2.37. The van der Waals surface area contributed by atoms with E-state index in [1.165, 1.54) is 6.08 Å². The first kappa shape index (κ1) is 18.4. The SMILES string of the molecule is C1=CC=CNC=C1.FC(F)(F)OC1=Cc2ccccc2Nc2ccccc21. The summed E-state index contributed by atoms with van der Waals surface area (Å²) in [5.74, 6) is -0.217. The molecule has 0 saturated carbocycles. The maximum atomic E-state index is 12.6. The Morgan fingerprint density at radius 2 is 1.37 bits per heavy atom. The van der Waals surface area contributed by atoms with Crippen LogP contribution in [0.3, 0.4) is 0 Å². The van der Waals surface area contributed by atoms with Gasteiger partial charge < -0.3 is 15.4 Å². The zero-order valence-electron chi connectivity index (χ0n) is 14.2. The summed E-state index contributed by atoms with van der Waals surface area (Å²) in [4.78, 5) is 0. The van der Waals surface area contributed by atoms with Crippen LogP contribution in [0.2, 0.25) is 0 Å². The van der Waals surface area contributed by atoms with Crippen molar-refractivity contribution in [1.29, 1.82) is 0 Å². The normalized spacial score (nSPS) is 14.1. The van der Waals surface area contributed by atoms with Gasteiger partial charge in [0.15, 0.2) is 0 Å². The molecule has 3 nitrogen and oxygen atoms in total. The van der Waals surface area contributed by atoms with Crippen LogP contribution in [0, 0.1) is 0 Å². The highest BCUT2D eigenvalue weighted by Gasteiger charge is 2.33. The van der Waals surface area contributed by atoms with Crippen LogP contribution in [0.5, 0.6) is 0 Å². The first-order chi connectivity index (χ1) is 13.0. The summed E-state index contributed by atoms with van der Waals surface area (Å²) in [7, 11) is 0. The number of hydrogen-bond acceptors (Lipinski definition) is 3.